The van der Waals surface area contributed by atoms with Crippen LogP contribution in [0.5, 0.6) is 0 Å². The Morgan fingerprint density at radius 3 is 2.26 bits per heavy atom. The van der Waals surface area contributed by atoms with Crippen LogP contribution in [0.15, 0.2) is 35.0 Å². The molecule has 1 atom stereocenters. The number of rotatable bonds is 6. The zero-order valence-electron chi connectivity index (χ0n) is 11.0. The van der Waals surface area contributed by atoms with Gasteiger partial charge in [0.2, 0.25) is 5.91 Å². The predicted octanol–water partition coefficient (Wildman–Crippen LogP) is 4.16. The first kappa shape index (κ1) is 14.6. The van der Waals surface area contributed by atoms with E-state index in [1.54, 1.807) is 34.4 Å². The zero-order chi connectivity index (χ0) is 13.7. The fourth-order valence-corrected chi connectivity index (χ4v) is 3.74. The molecule has 0 radical (unpaired) electrons. The van der Waals surface area contributed by atoms with Gasteiger partial charge in [-0.1, -0.05) is 19.1 Å². The zero-order valence-corrected chi connectivity index (χ0v) is 13.4. The SMILES string of the molecule is CSC(C)CC(=O)NC(c1cccs1)c1cccs1. The maximum Gasteiger partial charge on any atom is 0.221 e. The molecular weight excluding hydrogens is 294 g/mol. The van der Waals surface area contributed by atoms with E-state index >= 15 is 0 Å². The van der Waals surface area contributed by atoms with E-state index in [-0.39, 0.29) is 11.9 Å². The summed E-state index contributed by atoms with van der Waals surface area (Å²) in [6.07, 6.45) is 2.60. The van der Waals surface area contributed by atoms with Crippen molar-refractivity contribution >= 4 is 40.3 Å². The van der Waals surface area contributed by atoms with Crippen LogP contribution in [0.25, 0.3) is 0 Å². The van der Waals surface area contributed by atoms with Crippen molar-refractivity contribution in [1.29, 1.82) is 0 Å². The summed E-state index contributed by atoms with van der Waals surface area (Å²) in [5.74, 6) is 0.119. The fraction of sp³-hybridized carbons (Fsp3) is 0.357. The minimum absolute atomic E-state index is 0.00144. The number of thiophene rings is 2. The standard InChI is InChI=1S/C14H17NOS3/c1-10(17-2)9-13(16)15-14(11-5-3-7-18-11)12-6-4-8-19-12/h3-8,10,14H,9H2,1-2H3,(H,15,16). The molecule has 2 nitrogen and oxygen atoms in total. The molecule has 102 valence electrons. The van der Waals surface area contributed by atoms with E-state index in [1.165, 1.54) is 9.75 Å². The first-order chi connectivity index (χ1) is 9.20. The molecular formula is C14H17NOS3. The summed E-state index contributed by atoms with van der Waals surface area (Å²) in [5, 5.41) is 7.61. The molecule has 2 aromatic heterocycles. The van der Waals surface area contributed by atoms with Gasteiger partial charge in [-0.15, -0.1) is 22.7 Å². The summed E-state index contributed by atoms with van der Waals surface area (Å²) in [5.41, 5.74) is 0. The molecule has 1 unspecified atom stereocenters. The Labute approximate surface area is 126 Å². The van der Waals surface area contributed by atoms with E-state index in [2.05, 4.69) is 24.4 Å². The minimum atomic E-state index is 0.00144. The lowest BCUT2D eigenvalue weighted by Gasteiger charge is -2.17. The smallest absolute Gasteiger partial charge is 0.221 e. The van der Waals surface area contributed by atoms with Gasteiger partial charge in [0.05, 0.1) is 6.04 Å². The van der Waals surface area contributed by atoms with Gasteiger partial charge in [-0.25, -0.2) is 0 Å². The predicted molar refractivity (Wildman–Crippen MR) is 86.2 cm³/mol. The third kappa shape index (κ3) is 4.09. The first-order valence-electron chi connectivity index (χ1n) is 6.09. The number of carbonyl (C=O) groups excluding carboxylic acids is 1. The Morgan fingerprint density at radius 2 is 1.84 bits per heavy atom. The van der Waals surface area contributed by atoms with Gasteiger partial charge in [-0.3, -0.25) is 4.79 Å². The maximum atomic E-state index is 12.1. The molecule has 5 heteroatoms. The number of carbonyl (C=O) groups is 1. The Balaban J connectivity index is 2.09. The van der Waals surface area contributed by atoms with Crippen LogP contribution < -0.4 is 5.32 Å². The summed E-state index contributed by atoms with van der Waals surface area (Å²) in [6.45, 7) is 2.08. The van der Waals surface area contributed by atoms with Crippen LogP contribution in [0.3, 0.4) is 0 Å². The lowest BCUT2D eigenvalue weighted by Crippen LogP contribution is -2.29. The van der Waals surface area contributed by atoms with Crippen molar-refractivity contribution in [1.82, 2.24) is 5.32 Å². The Bertz CT molecular complexity index is 459. The highest BCUT2D eigenvalue weighted by atomic mass is 32.2. The lowest BCUT2D eigenvalue weighted by molar-refractivity contribution is -0.121. The van der Waals surface area contributed by atoms with Gasteiger partial charge in [0.15, 0.2) is 0 Å². The summed E-state index contributed by atoms with van der Waals surface area (Å²) >= 11 is 5.08. The number of hydrogen-bond acceptors (Lipinski definition) is 4. The van der Waals surface area contributed by atoms with Gasteiger partial charge in [0.1, 0.15) is 0 Å². The van der Waals surface area contributed by atoms with Crippen LogP contribution in [0, 0.1) is 0 Å². The van der Waals surface area contributed by atoms with Crippen LogP contribution in [-0.4, -0.2) is 17.4 Å². The van der Waals surface area contributed by atoms with E-state index in [1.807, 2.05) is 29.1 Å². The van der Waals surface area contributed by atoms with Gasteiger partial charge in [0, 0.05) is 21.4 Å². The van der Waals surface area contributed by atoms with Crippen LogP contribution in [-0.2, 0) is 4.79 Å². The Hall–Kier alpha value is -0.780. The normalized spacial score (nSPS) is 12.6. The molecule has 19 heavy (non-hydrogen) atoms. The fourth-order valence-electron chi connectivity index (χ4n) is 1.76. The summed E-state index contributed by atoms with van der Waals surface area (Å²) < 4.78 is 0. The van der Waals surface area contributed by atoms with Gasteiger partial charge >= 0.3 is 0 Å². The van der Waals surface area contributed by atoms with E-state index in [0.717, 1.165) is 0 Å². The lowest BCUT2D eigenvalue weighted by atomic mass is 10.2. The molecule has 0 aromatic carbocycles. The van der Waals surface area contributed by atoms with Gasteiger partial charge in [-0.05, 0) is 29.1 Å². The highest BCUT2D eigenvalue weighted by Crippen LogP contribution is 2.29. The van der Waals surface area contributed by atoms with Gasteiger partial charge in [-0.2, -0.15) is 11.8 Å². The molecule has 2 heterocycles. The van der Waals surface area contributed by atoms with E-state index in [4.69, 9.17) is 0 Å². The van der Waals surface area contributed by atoms with Crippen molar-refractivity contribution in [2.45, 2.75) is 24.6 Å². The topological polar surface area (TPSA) is 29.1 Å². The quantitative estimate of drug-likeness (QED) is 0.868. The third-order valence-corrected chi connectivity index (χ3v) is 5.68. The monoisotopic (exact) mass is 311 g/mol. The van der Waals surface area contributed by atoms with Crippen molar-refractivity contribution in [2.75, 3.05) is 6.26 Å². The van der Waals surface area contributed by atoms with Crippen LogP contribution in [0.4, 0.5) is 0 Å². The Kier molecular flexibility index (Phi) is 5.48. The van der Waals surface area contributed by atoms with Crippen molar-refractivity contribution in [3.63, 3.8) is 0 Å². The Morgan fingerprint density at radius 1 is 1.26 bits per heavy atom. The molecule has 0 aliphatic rings. The molecule has 0 saturated heterocycles. The third-order valence-electron chi connectivity index (χ3n) is 2.84. The molecule has 0 spiro atoms. The van der Waals surface area contributed by atoms with Crippen LogP contribution in [0.1, 0.15) is 29.1 Å². The molecule has 1 N–H and O–H groups in total. The molecule has 0 saturated carbocycles. The molecule has 1 amide bonds. The van der Waals surface area contributed by atoms with Gasteiger partial charge < -0.3 is 5.32 Å². The summed E-state index contributed by atoms with van der Waals surface area (Å²) in [6, 6.07) is 8.21. The molecule has 2 aromatic rings. The molecule has 2 rings (SSSR count). The van der Waals surface area contributed by atoms with E-state index < -0.39 is 0 Å². The van der Waals surface area contributed by atoms with Crippen molar-refractivity contribution in [2.24, 2.45) is 0 Å². The van der Waals surface area contributed by atoms with E-state index in [0.29, 0.717) is 11.7 Å². The van der Waals surface area contributed by atoms with Crippen molar-refractivity contribution in [3.05, 3.63) is 44.8 Å². The minimum Gasteiger partial charge on any atom is -0.344 e. The van der Waals surface area contributed by atoms with Crippen molar-refractivity contribution in [3.8, 4) is 0 Å². The number of hydrogen-bond donors (Lipinski definition) is 1. The second-order valence-electron chi connectivity index (χ2n) is 4.28. The first-order valence-corrected chi connectivity index (χ1v) is 9.14. The van der Waals surface area contributed by atoms with Crippen LogP contribution in [0.2, 0.25) is 0 Å². The summed E-state index contributed by atoms with van der Waals surface area (Å²) in [4.78, 5) is 14.5. The van der Waals surface area contributed by atoms with E-state index in [9.17, 15) is 4.79 Å². The molecule has 0 aliphatic carbocycles. The average Bonchev–Trinajstić information content (AvgIpc) is 3.08. The largest absolute Gasteiger partial charge is 0.344 e. The van der Waals surface area contributed by atoms with Gasteiger partial charge in [0.25, 0.3) is 0 Å². The number of amides is 1. The second-order valence-corrected chi connectivity index (χ2v) is 7.52. The average molecular weight is 311 g/mol. The van der Waals surface area contributed by atoms with Crippen molar-refractivity contribution < 1.29 is 4.79 Å². The highest BCUT2D eigenvalue weighted by Gasteiger charge is 2.19. The number of nitrogens with one attached hydrogen (secondary N) is 1. The maximum absolute atomic E-state index is 12.1. The summed E-state index contributed by atoms with van der Waals surface area (Å²) in [7, 11) is 0. The molecule has 0 fully saturated rings. The highest BCUT2D eigenvalue weighted by molar-refractivity contribution is 7.99. The van der Waals surface area contributed by atoms with Crippen LogP contribution >= 0.6 is 34.4 Å². The second kappa shape index (κ2) is 7.12. The number of thioether (sulfide) groups is 1. The molecule has 0 bridgehead atoms. The molecule has 0 aliphatic heterocycles.